The Kier molecular flexibility index (Phi) is 3.62. The zero-order valence-corrected chi connectivity index (χ0v) is 11.9. The zero-order valence-electron chi connectivity index (χ0n) is 11.9. The van der Waals surface area contributed by atoms with E-state index < -0.39 is 0 Å². The van der Waals surface area contributed by atoms with Crippen LogP contribution in [0.5, 0.6) is 5.75 Å². The van der Waals surface area contributed by atoms with E-state index >= 15 is 0 Å². The molecule has 1 unspecified atom stereocenters. The van der Waals surface area contributed by atoms with Gasteiger partial charge in [0.1, 0.15) is 0 Å². The lowest BCUT2D eigenvalue weighted by atomic mass is 9.76. The van der Waals surface area contributed by atoms with E-state index in [1.807, 2.05) is 25.2 Å². The number of nitrogens with two attached hydrogens (primary N) is 1. The van der Waals surface area contributed by atoms with Crippen molar-refractivity contribution in [3.63, 3.8) is 0 Å². The van der Waals surface area contributed by atoms with Gasteiger partial charge >= 0.3 is 0 Å². The third kappa shape index (κ3) is 2.36. The summed E-state index contributed by atoms with van der Waals surface area (Å²) in [4.78, 5) is 0. The quantitative estimate of drug-likeness (QED) is 0.917. The summed E-state index contributed by atoms with van der Waals surface area (Å²) >= 11 is 0. The van der Waals surface area contributed by atoms with Crippen LogP contribution in [0.2, 0.25) is 0 Å². The van der Waals surface area contributed by atoms with Crippen LogP contribution in [0.1, 0.15) is 31.1 Å². The van der Waals surface area contributed by atoms with Crippen LogP contribution < -0.4 is 10.5 Å². The summed E-state index contributed by atoms with van der Waals surface area (Å²) in [5, 5.41) is 4.23. The van der Waals surface area contributed by atoms with Gasteiger partial charge in [0, 0.05) is 12.5 Å². The van der Waals surface area contributed by atoms with Gasteiger partial charge in [-0.05, 0) is 5.56 Å². The fraction of sp³-hybridized carbons (Fsp3) is 0.400. The largest absolute Gasteiger partial charge is 0.493 e. The van der Waals surface area contributed by atoms with Crippen molar-refractivity contribution in [3.05, 3.63) is 47.8 Å². The maximum Gasteiger partial charge on any atom is 0.161 e. The molecule has 0 bridgehead atoms. The molecule has 0 radical (unpaired) electrons. The molecule has 4 nitrogen and oxygen atoms in total. The molecule has 0 fully saturated rings. The lowest BCUT2D eigenvalue weighted by Gasteiger charge is -2.32. The van der Waals surface area contributed by atoms with E-state index in [1.165, 1.54) is 5.56 Å². The highest BCUT2D eigenvalue weighted by Gasteiger charge is 2.33. The molecule has 102 valence electrons. The molecule has 1 aromatic heterocycles. The Morgan fingerprint density at radius 3 is 2.47 bits per heavy atom. The van der Waals surface area contributed by atoms with Crippen molar-refractivity contribution in [2.45, 2.75) is 25.3 Å². The Balaban J connectivity index is 2.43. The van der Waals surface area contributed by atoms with Gasteiger partial charge < -0.3 is 10.5 Å². The zero-order chi connectivity index (χ0) is 14.0. The molecule has 1 heterocycles. The molecule has 1 atom stereocenters. The molecule has 0 amide bonds. The van der Waals surface area contributed by atoms with E-state index in [9.17, 15) is 0 Å². The second-order valence-electron chi connectivity index (χ2n) is 5.29. The van der Waals surface area contributed by atoms with Gasteiger partial charge in [0.2, 0.25) is 0 Å². The molecule has 4 heteroatoms. The topological polar surface area (TPSA) is 53.1 Å². The van der Waals surface area contributed by atoms with Crippen molar-refractivity contribution in [2.75, 3.05) is 7.11 Å². The fourth-order valence-electron chi connectivity index (χ4n) is 2.33. The van der Waals surface area contributed by atoms with Crippen LogP contribution in [0.25, 0.3) is 0 Å². The SMILES string of the molecule is COc1cnn(C)c1C(N)C(C)(C)c1ccccc1. The number of aryl methyl sites for hydroxylation is 1. The molecular formula is C15H21N3O. The number of aromatic nitrogens is 2. The third-order valence-electron chi connectivity index (χ3n) is 3.76. The van der Waals surface area contributed by atoms with Gasteiger partial charge in [-0.1, -0.05) is 44.2 Å². The maximum absolute atomic E-state index is 6.49. The predicted octanol–water partition coefficient (Wildman–Crippen LogP) is 2.41. The third-order valence-corrected chi connectivity index (χ3v) is 3.76. The molecule has 2 rings (SSSR count). The van der Waals surface area contributed by atoms with E-state index in [0.717, 1.165) is 11.4 Å². The van der Waals surface area contributed by atoms with Gasteiger partial charge in [-0.3, -0.25) is 4.68 Å². The summed E-state index contributed by atoms with van der Waals surface area (Å²) in [7, 11) is 3.53. The van der Waals surface area contributed by atoms with Gasteiger partial charge in [-0.15, -0.1) is 0 Å². The van der Waals surface area contributed by atoms with Crippen LogP contribution in [0.15, 0.2) is 36.5 Å². The number of nitrogens with zero attached hydrogens (tertiary/aromatic N) is 2. The Morgan fingerprint density at radius 1 is 1.26 bits per heavy atom. The van der Waals surface area contributed by atoms with Crippen molar-refractivity contribution in [3.8, 4) is 5.75 Å². The van der Waals surface area contributed by atoms with Crippen molar-refractivity contribution in [1.29, 1.82) is 0 Å². The van der Waals surface area contributed by atoms with Gasteiger partial charge in [-0.2, -0.15) is 5.10 Å². The van der Waals surface area contributed by atoms with Crippen molar-refractivity contribution < 1.29 is 4.74 Å². The first-order valence-corrected chi connectivity index (χ1v) is 6.35. The van der Waals surface area contributed by atoms with Crippen LogP contribution in [-0.2, 0) is 12.5 Å². The van der Waals surface area contributed by atoms with Crippen molar-refractivity contribution in [1.82, 2.24) is 9.78 Å². The van der Waals surface area contributed by atoms with Crippen LogP contribution >= 0.6 is 0 Å². The number of hydrogen-bond donors (Lipinski definition) is 1. The van der Waals surface area contributed by atoms with E-state index in [-0.39, 0.29) is 11.5 Å². The molecular weight excluding hydrogens is 238 g/mol. The van der Waals surface area contributed by atoms with E-state index in [1.54, 1.807) is 18.0 Å². The first-order valence-electron chi connectivity index (χ1n) is 6.35. The Morgan fingerprint density at radius 2 is 1.89 bits per heavy atom. The number of methoxy groups -OCH3 is 1. The molecule has 0 saturated carbocycles. The molecule has 1 aromatic carbocycles. The highest BCUT2D eigenvalue weighted by Crippen LogP contribution is 2.38. The summed E-state index contributed by atoms with van der Waals surface area (Å²) in [6.07, 6.45) is 1.70. The number of ether oxygens (including phenoxy) is 1. The second kappa shape index (κ2) is 5.05. The second-order valence-corrected chi connectivity index (χ2v) is 5.29. The average Bonchev–Trinajstić information content (AvgIpc) is 2.79. The van der Waals surface area contributed by atoms with Crippen LogP contribution in [0.4, 0.5) is 0 Å². The van der Waals surface area contributed by atoms with E-state index in [0.29, 0.717) is 0 Å². The molecule has 2 aromatic rings. The van der Waals surface area contributed by atoms with E-state index in [2.05, 4.69) is 31.1 Å². The molecule has 0 spiro atoms. The molecule has 0 aliphatic rings. The Labute approximate surface area is 114 Å². The summed E-state index contributed by atoms with van der Waals surface area (Å²) in [5.41, 5.74) is 8.39. The monoisotopic (exact) mass is 259 g/mol. The summed E-state index contributed by atoms with van der Waals surface area (Å²) in [5.74, 6) is 0.735. The van der Waals surface area contributed by atoms with Gasteiger partial charge in [0.25, 0.3) is 0 Å². The minimum Gasteiger partial charge on any atom is -0.493 e. The Hall–Kier alpha value is -1.81. The number of hydrogen-bond acceptors (Lipinski definition) is 3. The molecule has 0 aliphatic carbocycles. The standard InChI is InChI=1S/C15H21N3O/c1-15(2,11-8-6-5-7-9-11)14(16)13-12(19-4)10-17-18(13)3/h5-10,14H,16H2,1-4H3. The number of benzene rings is 1. The molecule has 2 N–H and O–H groups in total. The first-order chi connectivity index (χ1) is 8.98. The lowest BCUT2D eigenvalue weighted by Crippen LogP contribution is -2.34. The lowest BCUT2D eigenvalue weighted by molar-refractivity contribution is 0.365. The summed E-state index contributed by atoms with van der Waals surface area (Å²) in [6.45, 7) is 4.28. The Bertz CT molecular complexity index is 546. The minimum atomic E-state index is -0.206. The van der Waals surface area contributed by atoms with Crippen molar-refractivity contribution in [2.24, 2.45) is 12.8 Å². The predicted molar refractivity (Wildman–Crippen MR) is 76.2 cm³/mol. The maximum atomic E-state index is 6.49. The van der Waals surface area contributed by atoms with Crippen LogP contribution in [0.3, 0.4) is 0 Å². The van der Waals surface area contributed by atoms with Gasteiger partial charge in [-0.25, -0.2) is 0 Å². The summed E-state index contributed by atoms with van der Waals surface area (Å²) in [6, 6.07) is 10.1. The van der Waals surface area contributed by atoms with Crippen molar-refractivity contribution >= 4 is 0 Å². The van der Waals surface area contributed by atoms with Crippen LogP contribution in [-0.4, -0.2) is 16.9 Å². The van der Waals surface area contributed by atoms with E-state index in [4.69, 9.17) is 10.5 Å². The van der Waals surface area contributed by atoms with Gasteiger partial charge in [0.05, 0.1) is 25.0 Å². The minimum absolute atomic E-state index is 0.197. The molecule has 19 heavy (non-hydrogen) atoms. The molecule has 0 saturated heterocycles. The highest BCUT2D eigenvalue weighted by molar-refractivity contribution is 5.35. The van der Waals surface area contributed by atoms with Crippen LogP contribution in [0, 0.1) is 0 Å². The number of rotatable bonds is 4. The first kappa shape index (κ1) is 13.6. The smallest absolute Gasteiger partial charge is 0.161 e. The molecule has 0 aliphatic heterocycles. The average molecular weight is 259 g/mol. The fourth-order valence-corrected chi connectivity index (χ4v) is 2.33. The normalized spacial score (nSPS) is 13.3. The van der Waals surface area contributed by atoms with Gasteiger partial charge in [0.15, 0.2) is 5.75 Å². The summed E-state index contributed by atoms with van der Waals surface area (Å²) < 4.78 is 7.14. The highest BCUT2D eigenvalue weighted by atomic mass is 16.5.